The minimum Gasteiger partial charge on any atom is -0.399 e. The van der Waals surface area contributed by atoms with E-state index in [-0.39, 0.29) is 6.04 Å². The molecule has 0 aliphatic carbocycles. The molecule has 90 valence electrons. The van der Waals surface area contributed by atoms with Crippen molar-refractivity contribution in [2.75, 3.05) is 12.8 Å². The lowest BCUT2D eigenvalue weighted by Gasteiger charge is -2.21. The molecule has 1 aromatic rings. The van der Waals surface area contributed by atoms with Gasteiger partial charge in [-0.25, -0.2) is 4.99 Å². The summed E-state index contributed by atoms with van der Waals surface area (Å²) in [4.78, 5) is 4.36. The summed E-state index contributed by atoms with van der Waals surface area (Å²) in [5.41, 5.74) is 14.5. The molecule has 1 unspecified atom stereocenters. The number of hydrogen-bond acceptors (Lipinski definition) is 5. The Hall–Kier alpha value is -2.17. The van der Waals surface area contributed by atoms with Crippen LogP contribution in [0.3, 0.4) is 0 Å². The molecule has 0 saturated heterocycles. The van der Waals surface area contributed by atoms with Gasteiger partial charge in [0.2, 0.25) is 0 Å². The number of nitrogens with two attached hydrogens (primary N) is 2. The molecule has 5 heteroatoms. The summed E-state index contributed by atoms with van der Waals surface area (Å²) < 4.78 is 0. The van der Waals surface area contributed by atoms with E-state index in [0.29, 0.717) is 5.96 Å². The zero-order chi connectivity index (χ0) is 12.4. The van der Waals surface area contributed by atoms with E-state index in [9.17, 15) is 0 Å². The predicted octanol–water partition coefficient (Wildman–Crippen LogP) is 0.597. The minimum atomic E-state index is -0.0952. The molecule has 1 aliphatic rings. The van der Waals surface area contributed by atoms with Crippen molar-refractivity contribution >= 4 is 11.6 Å². The van der Waals surface area contributed by atoms with Crippen molar-refractivity contribution < 1.29 is 0 Å². The van der Waals surface area contributed by atoms with Crippen LogP contribution in [0.25, 0.3) is 0 Å². The lowest BCUT2D eigenvalue weighted by atomic mass is 10.00. The largest absolute Gasteiger partial charge is 0.399 e. The van der Waals surface area contributed by atoms with Crippen LogP contribution in [0.2, 0.25) is 0 Å². The van der Waals surface area contributed by atoms with Gasteiger partial charge >= 0.3 is 0 Å². The molecule has 6 N–H and O–H groups in total. The van der Waals surface area contributed by atoms with Gasteiger partial charge in [0.05, 0.1) is 0 Å². The smallest absolute Gasteiger partial charge is 0.195 e. The maximum absolute atomic E-state index is 5.80. The number of nitrogens with one attached hydrogen (secondary N) is 2. The first-order valence-electron chi connectivity index (χ1n) is 5.46. The van der Waals surface area contributed by atoms with Gasteiger partial charge in [-0.05, 0) is 36.3 Å². The quantitative estimate of drug-likeness (QED) is 0.561. The Labute approximate surface area is 101 Å². The Morgan fingerprint density at radius 1 is 1.35 bits per heavy atom. The standard InChI is InChI=1S/C12H17N5/c1-7-3-4-8(13)5-9(7)10-6-11(15-2)17-12(14)16-10/h3-6,10,15H,13H2,1-2H3,(H3,14,16,17). The third-order valence-electron chi connectivity index (χ3n) is 2.76. The molecule has 2 rings (SSSR count). The number of nitrogens with zero attached hydrogens (tertiary/aromatic N) is 1. The van der Waals surface area contributed by atoms with Crippen LogP contribution in [-0.4, -0.2) is 13.0 Å². The monoisotopic (exact) mass is 231 g/mol. The van der Waals surface area contributed by atoms with E-state index in [1.165, 1.54) is 0 Å². The molecule has 0 aromatic heterocycles. The van der Waals surface area contributed by atoms with Gasteiger partial charge in [-0.1, -0.05) is 6.07 Å². The molecule has 1 aromatic carbocycles. The van der Waals surface area contributed by atoms with Crippen LogP contribution >= 0.6 is 0 Å². The van der Waals surface area contributed by atoms with Gasteiger partial charge in [-0.15, -0.1) is 0 Å². The summed E-state index contributed by atoms with van der Waals surface area (Å²) in [6.07, 6.45) is 1.98. The topological polar surface area (TPSA) is 88.5 Å². The van der Waals surface area contributed by atoms with E-state index >= 15 is 0 Å². The molecule has 0 fully saturated rings. The molecular weight excluding hydrogens is 214 g/mol. The van der Waals surface area contributed by atoms with Gasteiger partial charge < -0.3 is 22.1 Å². The number of aliphatic imine (C=N–C) groups is 1. The molecule has 0 bridgehead atoms. The van der Waals surface area contributed by atoms with Crippen molar-refractivity contribution in [2.45, 2.75) is 13.0 Å². The summed E-state index contributed by atoms with van der Waals surface area (Å²) >= 11 is 0. The molecule has 1 atom stereocenters. The Morgan fingerprint density at radius 2 is 2.12 bits per heavy atom. The van der Waals surface area contributed by atoms with Gasteiger partial charge in [0.25, 0.3) is 0 Å². The normalized spacial score (nSPS) is 19.1. The Balaban J connectivity index is 2.41. The second-order valence-corrected chi connectivity index (χ2v) is 4.03. The molecular formula is C12H17N5. The molecule has 17 heavy (non-hydrogen) atoms. The molecule has 0 spiro atoms. The van der Waals surface area contributed by atoms with Crippen LogP contribution in [0.5, 0.6) is 0 Å². The number of rotatable bonds is 2. The lowest BCUT2D eigenvalue weighted by molar-refractivity contribution is 0.778. The van der Waals surface area contributed by atoms with Crippen molar-refractivity contribution in [1.82, 2.24) is 10.6 Å². The molecule has 1 heterocycles. The van der Waals surface area contributed by atoms with Crippen molar-refractivity contribution in [3.8, 4) is 0 Å². The van der Waals surface area contributed by atoms with E-state index in [4.69, 9.17) is 11.5 Å². The third kappa shape index (κ3) is 2.33. The fraction of sp³-hybridized carbons (Fsp3) is 0.250. The Morgan fingerprint density at radius 3 is 2.82 bits per heavy atom. The second kappa shape index (κ2) is 4.37. The highest BCUT2D eigenvalue weighted by atomic mass is 15.2. The van der Waals surface area contributed by atoms with Gasteiger partial charge in [0, 0.05) is 12.7 Å². The maximum atomic E-state index is 5.80. The van der Waals surface area contributed by atoms with E-state index in [1.807, 2.05) is 38.2 Å². The summed E-state index contributed by atoms with van der Waals surface area (Å²) in [6, 6.07) is 5.72. The van der Waals surface area contributed by atoms with Crippen molar-refractivity contribution in [1.29, 1.82) is 0 Å². The van der Waals surface area contributed by atoms with Crippen molar-refractivity contribution in [3.63, 3.8) is 0 Å². The Bertz CT molecular complexity index is 490. The Kier molecular flexibility index (Phi) is 2.91. The first-order valence-corrected chi connectivity index (χ1v) is 5.46. The third-order valence-corrected chi connectivity index (χ3v) is 2.76. The van der Waals surface area contributed by atoms with Gasteiger partial charge in [0.15, 0.2) is 5.96 Å². The molecule has 0 amide bonds. The van der Waals surface area contributed by atoms with Crippen LogP contribution < -0.4 is 22.1 Å². The fourth-order valence-electron chi connectivity index (χ4n) is 1.84. The predicted molar refractivity (Wildman–Crippen MR) is 70.2 cm³/mol. The number of guanidine groups is 1. The minimum absolute atomic E-state index is 0.0952. The second-order valence-electron chi connectivity index (χ2n) is 4.03. The summed E-state index contributed by atoms with van der Waals surface area (Å²) in [5.74, 6) is 1.26. The zero-order valence-electron chi connectivity index (χ0n) is 9.99. The maximum Gasteiger partial charge on any atom is 0.195 e. The van der Waals surface area contributed by atoms with E-state index in [1.54, 1.807) is 0 Å². The van der Waals surface area contributed by atoms with Crippen LogP contribution in [0.4, 0.5) is 5.69 Å². The van der Waals surface area contributed by atoms with Crippen LogP contribution in [0.1, 0.15) is 17.2 Å². The number of hydrogen-bond donors (Lipinski definition) is 4. The average molecular weight is 231 g/mol. The van der Waals surface area contributed by atoms with Crippen molar-refractivity contribution in [2.24, 2.45) is 10.7 Å². The van der Waals surface area contributed by atoms with Gasteiger partial charge in [-0.2, -0.15) is 0 Å². The number of nitrogen functional groups attached to an aromatic ring is 1. The zero-order valence-corrected chi connectivity index (χ0v) is 9.99. The van der Waals surface area contributed by atoms with Gasteiger partial charge in [-0.3, -0.25) is 0 Å². The summed E-state index contributed by atoms with van der Waals surface area (Å²) in [6.45, 7) is 2.04. The average Bonchev–Trinajstić information content (AvgIpc) is 2.31. The SMILES string of the molecule is CNC1=CC(c2cc(N)ccc2C)N=C(N)N1. The number of benzene rings is 1. The summed E-state index contributed by atoms with van der Waals surface area (Å²) in [5, 5.41) is 5.97. The lowest BCUT2D eigenvalue weighted by Crippen LogP contribution is -2.38. The van der Waals surface area contributed by atoms with Crippen molar-refractivity contribution in [3.05, 3.63) is 41.2 Å². The first-order chi connectivity index (χ1) is 8.10. The first kappa shape index (κ1) is 11.3. The van der Waals surface area contributed by atoms with E-state index < -0.39 is 0 Å². The fourth-order valence-corrected chi connectivity index (χ4v) is 1.84. The highest BCUT2D eigenvalue weighted by Crippen LogP contribution is 2.26. The van der Waals surface area contributed by atoms with E-state index in [2.05, 4.69) is 15.6 Å². The van der Waals surface area contributed by atoms with Crippen LogP contribution in [-0.2, 0) is 0 Å². The number of aryl methyl sites for hydroxylation is 1. The van der Waals surface area contributed by atoms with Crippen LogP contribution in [0.15, 0.2) is 35.1 Å². The molecule has 0 saturated carbocycles. The van der Waals surface area contributed by atoms with Crippen LogP contribution in [0, 0.1) is 6.92 Å². The molecule has 0 radical (unpaired) electrons. The highest BCUT2D eigenvalue weighted by Gasteiger charge is 2.16. The number of anilines is 1. The summed E-state index contributed by atoms with van der Waals surface area (Å²) in [7, 11) is 1.83. The molecule has 5 nitrogen and oxygen atoms in total. The highest BCUT2D eigenvalue weighted by molar-refractivity contribution is 5.81. The van der Waals surface area contributed by atoms with E-state index in [0.717, 1.165) is 22.6 Å². The molecule has 1 aliphatic heterocycles. The van der Waals surface area contributed by atoms with Gasteiger partial charge in [0.1, 0.15) is 11.9 Å².